The molecule has 1 fully saturated rings. The summed E-state index contributed by atoms with van der Waals surface area (Å²) in [6.45, 7) is 8.87. The molecule has 0 unspecified atom stereocenters. The quantitative estimate of drug-likeness (QED) is 0.567. The average molecular weight is 428 g/mol. The molecule has 3 rings (SSSR count). The van der Waals surface area contributed by atoms with Crippen molar-refractivity contribution >= 4 is 17.5 Å². The van der Waals surface area contributed by atoms with Gasteiger partial charge in [-0.3, -0.25) is 9.69 Å². The summed E-state index contributed by atoms with van der Waals surface area (Å²) in [5, 5.41) is 7.32. The number of carbonyl (C=O) groups is 1. The summed E-state index contributed by atoms with van der Waals surface area (Å²) in [6, 6.07) is 15.8. The van der Waals surface area contributed by atoms with Gasteiger partial charge in [0.15, 0.2) is 0 Å². The molecule has 0 aromatic heterocycles. The summed E-state index contributed by atoms with van der Waals surface area (Å²) in [4.78, 5) is 14.9. The number of carbonyl (C=O) groups excluding carboxylic acids is 1. The first kappa shape index (κ1) is 22.3. The minimum Gasteiger partial charge on any atom is -0.489 e. The smallest absolute Gasteiger partial charge is 0.237 e. The first-order chi connectivity index (χ1) is 14.6. The second kappa shape index (κ2) is 11.2. The van der Waals surface area contributed by atoms with Gasteiger partial charge in [0.25, 0.3) is 0 Å². The monoisotopic (exact) mass is 427 g/mol. The normalized spacial score (nSPS) is 18.9. The Hall–Kier alpha value is -2.34. The molecule has 1 heterocycles. The Kier molecular flexibility index (Phi) is 8.31. The molecule has 160 valence electrons. The van der Waals surface area contributed by atoms with Gasteiger partial charge in [-0.05, 0) is 31.0 Å². The highest BCUT2D eigenvalue weighted by Gasteiger charge is 2.36. The van der Waals surface area contributed by atoms with E-state index in [0.29, 0.717) is 26.2 Å². The summed E-state index contributed by atoms with van der Waals surface area (Å²) in [6.07, 6.45) is 2.50. The van der Waals surface area contributed by atoms with Gasteiger partial charge in [0.05, 0.1) is 6.04 Å². The lowest BCUT2D eigenvalue weighted by atomic mass is 10.1. The number of hydrogen-bond donors (Lipinski definition) is 2. The van der Waals surface area contributed by atoms with Crippen LogP contribution in [0.25, 0.3) is 0 Å². The Balaban J connectivity index is 1.67. The lowest BCUT2D eigenvalue weighted by Gasteiger charge is -2.23. The molecule has 6 heteroatoms. The van der Waals surface area contributed by atoms with Gasteiger partial charge in [-0.2, -0.15) is 0 Å². The Labute approximate surface area is 184 Å². The third-order valence-corrected chi connectivity index (χ3v) is 5.67. The fraction of sp³-hybridized carbons (Fsp3) is 0.375. The highest BCUT2D eigenvalue weighted by atomic mass is 35.5. The van der Waals surface area contributed by atoms with E-state index in [0.717, 1.165) is 34.9 Å². The summed E-state index contributed by atoms with van der Waals surface area (Å²) >= 11 is 6.36. The Morgan fingerprint density at radius 1 is 1.23 bits per heavy atom. The maximum absolute atomic E-state index is 12.7. The lowest BCUT2D eigenvalue weighted by molar-refractivity contribution is -0.125. The minimum atomic E-state index is -0.175. The minimum absolute atomic E-state index is 0.0728. The molecule has 2 atom stereocenters. The van der Waals surface area contributed by atoms with E-state index in [9.17, 15) is 4.79 Å². The van der Waals surface area contributed by atoms with Crippen LogP contribution in [-0.4, -0.2) is 42.6 Å². The molecule has 0 aliphatic carbocycles. The molecule has 0 radical (unpaired) electrons. The number of hydrogen-bond acceptors (Lipinski definition) is 4. The zero-order valence-electron chi connectivity index (χ0n) is 17.4. The van der Waals surface area contributed by atoms with Gasteiger partial charge in [0.1, 0.15) is 12.4 Å². The number of nitrogens with zero attached hydrogens (tertiary/aromatic N) is 1. The highest BCUT2D eigenvalue weighted by molar-refractivity contribution is 6.31. The van der Waals surface area contributed by atoms with E-state index in [1.54, 1.807) is 6.08 Å². The van der Waals surface area contributed by atoms with Crippen molar-refractivity contribution in [3.63, 3.8) is 0 Å². The summed E-state index contributed by atoms with van der Waals surface area (Å²) in [5.74, 6) is 0.930. The van der Waals surface area contributed by atoms with Crippen LogP contribution in [0.3, 0.4) is 0 Å². The lowest BCUT2D eigenvalue weighted by Crippen LogP contribution is -2.42. The molecule has 30 heavy (non-hydrogen) atoms. The van der Waals surface area contributed by atoms with Crippen LogP contribution in [0.2, 0.25) is 5.02 Å². The summed E-state index contributed by atoms with van der Waals surface area (Å²) in [5.41, 5.74) is 2.13. The second-order valence-corrected chi connectivity index (χ2v) is 7.86. The van der Waals surface area contributed by atoms with Gasteiger partial charge >= 0.3 is 0 Å². The fourth-order valence-electron chi connectivity index (χ4n) is 3.83. The van der Waals surface area contributed by atoms with Crippen molar-refractivity contribution in [3.05, 3.63) is 77.3 Å². The third-order valence-electron chi connectivity index (χ3n) is 5.30. The van der Waals surface area contributed by atoms with Crippen LogP contribution in [-0.2, 0) is 17.9 Å². The Bertz CT molecular complexity index is 858. The van der Waals surface area contributed by atoms with Crippen LogP contribution in [0, 0.1) is 0 Å². The van der Waals surface area contributed by atoms with Crippen molar-refractivity contribution in [2.45, 2.75) is 38.5 Å². The number of ether oxygens (including phenoxy) is 1. The number of likely N-dealkylation sites (N-methyl/N-ethyl adjacent to an activating group) is 1. The molecule has 5 nitrogen and oxygen atoms in total. The van der Waals surface area contributed by atoms with Crippen molar-refractivity contribution in [2.75, 3.05) is 19.7 Å². The fourth-order valence-corrected chi connectivity index (χ4v) is 4.03. The predicted molar refractivity (Wildman–Crippen MR) is 122 cm³/mol. The molecular weight excluding hydrogens is 398 g/mol. The van der Waals surface area contributed by atoms with Crippen LogP contribution in [0.15, 0.2) is 61.2 Å². The molecule has 2 aromatic carbocycles. The largest absolute Gasteiger partial charge is 0.489 e. The van der Waals surface area contributed by atoms with E-state index in [2.05, 4.69) is 28.2 Å². The van der Waals surface area contributed by atoms with Crippen molar-refractivity contribution in [3.8, 4) is 5.75 Å². The molecule has 1 saturated heterocycles. The summed E-state index contributed by atoms with van der Waals surface area (Å²) < 4.78 is 5.76. The van der Waals surface area contributed by atoms with Crippen LogP contribution in [0.4, 0.5) is 0 Å². The van der Waals surface area contributed by atoms with Crippen molar-refractivity contribution in [1.29, 1.82) is 0 Å². The number of para-hydroxylation sites is 1. The molecule has 0 bridgehead atoms. The van der Waals surface area contributed by atoms with E-state index < -0.39 is 0 Å². The highest BCUT2D eigenvalue weighted by Crippen LogP contribution is 2.25. The molecule has 2 N–H and O–H groups in total. The van der Waals surface area contributed by atoms with Gasteiger partial charge in [-0.25, -0.2) is 0 Å². The Morgan fingerprint density at radius 3 is 2.70 bits per heavy atom. The van der Waals surface area contributed by atoms with Gasteiger partial charge in [0.2, 0.25) is 5.91 Å². The predicted octanol–water partition coefficient (Wildman–Crippen LogP) is 3.77. The number of nitrogens with one attached hydrogen (secondary N) is 2. The molecule has 0 spiro atoms. The van der Waals surface area contributed by atoms with Gasteiger partial charge < -0.3 is 15.4 Å². The van der Waals surface area contributed by atoms with Crippen LogP contribution >= 0.6 is 11.6 Å². The van der Waals surface area contributed by atoms with Crippen LogP contribution in [0.5, 0.6) is 5.75 Å². The van der Waals surface area contributed by atoms with Crippen molar-refractivity contribution < 1.29 is 9.53 Å². The van der Waals surface area contributed by atoms with E-state index in [-0.39, 0.29) is 18.0 Å². The molecule has 0 saturated carbocycles. The third kappa shape index (κ3) is 5.85. The number of benzene rings is 2. The van der Waals surface area contributed by atoms with E-state index >= 15 is 0 Å². The molecule has 1 amide bonds. The Morgan fingerprint density at radius 2 is 1.97 bits per heavy atom. The number of halogens is 1. The van der Waals surface area contributed by atoms with E-state index in [1.165, 1.54) is 0 Å². The topological polar surface area (TPSA) is 53.6 Å². The SMILES string of the molecule is C=CCOc1ccccc1CN[C@H]1C[C@@H](C(=O)NCC)N(Cc2ccccc2Cl)C1. The maximum atomic E-state index is 12.7. The molecular formula is C24H30ClN3O2. The van der Waals surface area contributed by atoms with Gasteiger partial charge in [-0.15, -0.1) is 0 Å². The zero-order valence-corrected chi connectivity index (χ0v) is 18.2. The maximum Gasteiger partial charge on any atom is 0.237 e. The van der Waals surface area contributed by atoms with Gasteiger partial charge in [0, 0.05) is 42.8 Å². The van der Waals surface area contributed by atoms with Crippen LogP contribution < -0.4 is 15.4 Å². The standard InChI is InChI=1S/C24H30ClN3O2/c1-3-13-30-23-12-8-6-9-18(23)15-27-20-14-22(24(29)26-4-2)28(17-20)16-19-10-5-7-11-21(19)25/h3,5-12,20,22,27H,1,4,13-17H2,2H3,(H,26,29)/t20-,22-/m0/s1. The zero-order chi connectivity index (χ0) is 21.3. The number of likely N-dealkylation sites (tertiary alicyclic amines) is 1. The molecule has 1 aliphatic heterocycles. The number of amides is 1. The van der Waals surface area contributed by atoms with Crippen LogP contribution in [0.1, 0.15) is 24.5 Å². The first-order valence-electron chi connectivity index (χ1n) is 10.4. The van der Waals surface area contributed by atoms with E-state index in [1.807, 2.05) is 49.4 Å². The van der Waals surface area contributed by atoms with Crippen molar-refractivity contribution in [2.24, 2.45) is 0 Å². The second-order valence-electron chi connectivity index (χ2n) is 7.45. The van der Waals surface area contributed by atoms with E-state index in [4.69, 9.17) is 16.3 Å². The van der Waals surface area contributed by atoms with Crippen molar-refractivity contribution in [1.82, 2.24) is 15.5 Å². The first-order valence-corrected chi connectivity index (χ1v) is 10.8. The number of rotatable bonds is 10. The molecule has 2 aromatic rings. The summed E-state index contributed by atoms with van der Waals surface area (Å²) in [7, 11) is 0. The molecule has 1 aliphatic rings. The average Bonchev–Trinajstić information content (AvgIpc) is 3.16. The van der Waals surface area contributed by atoms with Gasteiger partial charge in [-0.1, -0.05) is 60.7 Å².